The summed E-state index contributed by atoms with van der Waals surface area (Å²) in [6, 6.07) is 70.8. The summed E-state index contributed by atoms with van der Waals surface area (Å²) in [5, 5.41) is 9.85. The van der Waals surface area contributed by atoms with E-state index >= 15 is 0 Å². The average molecular weight is 699 g/mol. The molecule has 0 aliphatic carbocycles. The highest BCUT2D eigenvalue weighted by molar-refractivity contribution is 6.22. The second-order valence-electron chi connectivity index (χ2n) is 14.3. The van der Waals surface area contributed by atoms with Crippen molar-refractivity contribution in [3.05, 3.63) is 207 Å². The lowest BCUT2D eigenvalue weighted by Crippen LogP contribution is -1.93. The summed E-state index contributed by atoms with van der Waals surface area (Å²) in [4.78, 5) is 4.54. The number of aromatic nitrogens is 2. The van der Waals surface area contributed by atoms with Crippen molar-refractivity contribution in [2.24, 2.45) is 0 Å². The Morgan fingerprint density at radius 3 is 1.40 bits per heavy atom. The van der Waals surface area contributed by atoms with Crippen LogP contribution in [-0.4, -0.2) is 9.55 Å². The van der Waals surface area contributed by atoms with Crippen LogP contribution in [0.15, 0.2) is 207 Å². The van der Waals surface area contributed by atoms with Crippen molar-refractivity contribution in [1.82, 2.24) is 9.55 Å². The summed E-state index contributed by atoms with van der Waals surface area (Å²) in [6.07, 6.45) is 3.88. The Morgan fingerprint density at radius 1 is 0.309 bits per heavy atom. The summed E-state index contributed by atoms with van der Waals surface area (Å²) in [6.45, 7) is 0. The van der Waals surface area contributed by atoms with Crippen LogP contribution in [0.3, 0.4) is 0 Å². The van der Waals surface area contributed by atoms with Crippen molar-refractivity contribution in [1.29, 1.82) is 0 Å². The minimum Gasteiger partial charge on any atom is -0.309 e. The topological polar surface area (TPSA) is 17.8 Å². The summed E-state index contributed by atoms with van der Waals surface area (Å²) < 4.78 is 2.34. The Kier molecular flexibility index (Phi) is 7.21. The molecular weight excluding hydrogens is 665 g/mol. The van der Waals surface area contributed by atoms with E-state index < -0.39 is 0 Å². The van der Waals surface area contributed by atoms with Crippen molar-refractivity contribution >= 4 is 54.1 Å². The summed E-state index contributed by atoms with van der Waals surface area (Å²) in [5.41, 5.74) is 13.3. The third-order valence-electron chi connectivity index (χ3n) is 11.3. The zero-order chi connectivity index (χ0) is 36.3. The van der Waals surface area contributed by atoms with Gasteiger partial charge in [0.1, 0.15) is 0 Å². The first-order valence-electron chi connectivity index (χ1n) is 18.9. The maximum absolute atomic E-state index is 4.54. The number of rotatable bonds is 5. The molecule has 0 bridgehead atoms. The predicted molar refractivity (Wildman–Crippen MR) is 233 cm³/mol. The zero-order valence-corrected chi connectivity index (χ0v) is 30.0. The summed E-state index contributed by atoms with van der Waals surface area (Å²) in [5.74, 6) is 0. The van der Waals surface area contributed by atoms with Gasteiger partial charge in [-0.2, -0.15) is 0 Å². The quantitative estimate of drug-likeness (QED) is 0.164. The minimum absolute atomic E-state index is 1.14. The first-order valence-corrected chi connectivity index (χ1v) is 18.9. The molecule has 0 amide bonds. The van der Waals surface area contributed by atoms with Crippen LogP contribution in [-0.2, 0) is 0 Å². The fourth-order valence-electron chi connectivity index (χ4n) is 8.87. The summed E-state index contributed by atoms with van der Waals surface area (Å²) in [7, 11) is 0. The fourth-order valence-corrected chi connectivity index (χ4v) is 8.87. The van der Waals surface area contributed by atoms with E-state index in [0.29, 0.717) is 0 Å². The minimum atomic E-state index is 1.14. The number of hydrogen-bond donors (Lipinski definition) is 0. The van der Waals surface area contributed by atoms with Crippen molar-refractivity contribution in [2.45, 2.75) is 0 Å². The Balaban J connectivity index is 1.13. The molecule has 11 rings (SSSR count). The Bertz CT molecular complexity index is 3230. The first-order chi connectivity index (χ1) is 27.3. The second-order valence-corrected chi connectivity index (χ2v) is 14.3. The van der Waals surface area contributed by atoms with Gasteiger partial charge < -0.3 is 4.57 Å². The molecule has 0 saturated heterocycles. The van der Waals surface area contributed by atoms with Crippen LogP contribution in [0.4, 0.5) is 0 Å². The first kappa shape index (κ1) is 31.3. The SMILES string of the molecule is c1ccc(-c2c3ccccc3c(-c3ccccc3)c3cc(-c4ccc(-c5ccc6c(c5)c5cnccc5n6-c5ccccc5)c5ccccc45)ccc23)cc1. The molecule has 9 aromatic carbocycles. The van der Waals surface area contributed by atoms with E-state index in [1.54, 1.807) is 0 Å². The molecule has 0 unspecified atom stereocenters. The van der Waals surface area contributed by atoms with E-state index in [4.69, 9.17) is 0 Å². The molecule has 0 fully saturated rings. The maximum atomic E-state index is 4.54. The van der Waals surface area contributed by atoms with E-state index in [0.717, 1.165) is 16.6 Å². The van der Waals surface area contributed by atoms with E-state index in [1.807, 2.05) is 12.4 Å². The van der Waals surface area contributed by atoms with E-state index in [-0.39, 0.29) is 0 Å². The smallest absolute Gasteiger partial charge is 0.0571 e. The molecule has 0 radical (unpaired) electrons. The lowest BCUT2D eigenvalue weighted by molar-refractivity contribution is 1.17. The molecule has 0 saturated carbocycles. The highest BCUT2D eigenvalue weighted by Crippen LogP contribution is 2.46. The van der Waals surface area contributed by atoms with Crippen LogP contribution in [0.5, 0.6) is 0 Å². The van der Waals surface area contributed by atoms with Crippen molar-refractivity contribution in [3.63, 3.8) is 0 Å². The second kappa shape index (κ2) is 12.7. The largest absolute Gasteiger partial charge is 0.309 e. The molecule has 0 spiro atoms. The Morgan fingerprint density at radius 2 is 0.782 bits per heavy atom. The van der Waals surface area contributed by atoms with Crippen molar-refractivity contribution < 1.29 is 0 Å². The molecule has 0 N–H and O–H groups in total. The van der Waals surface area contributed by atoms with Gasteiger partial charge in [-0.15, -0.1) is 0 Å². The third-order valence-corrected chi connectivity index (χ3v) is 11.3. The number of hydrogen-bond acceptors (Lipinski definition) is 1. The van der Waals surface area contributed by atoms with Crippen molar-refractivity contribution in [3.8, 4) is 50.2 Å². The van der Waals surface area contributed by atoms with Gasteiger partial charge in [-0.3, -0.25) is 4.98 Å². The molecular formula is C53H34N2. The van der Waals surface area contributed by atoms with Gasteiger partial charge in [0.05, 0.1) is 11.0 Å². The molecule has 0 atom stereocenters. The number of fused-ring (bicyclic) bond motifs is 6. The molecule has 11 aromatic rings. The number of benzene rings is 9. The molecule has 0 aliphatic heterocycles. The normalized spacial score (nSPS) is 11.6. The number of para-hydroxylation sites is 1. The lowest BCUT2D eigenvalue weighted by atomic mass is 9.84. The molecule has 2 heteroatoms. The fraction of sp³-hybridized carbons (Fsp3) is 0. The molecule has 0 aliphatic rings. The lowest BCUT2D eigenvalue weighted by Gasteiger charge is -2.19. The highest BCUT2D eigenvalue weighted by atomic mass is 15.0. The molecule has 256 valence electrons. The highest BCUT2D eigenvalue weighted by Gasteiger charge is 2.19. The van der Waals surface area contributed by atoms with E-state index in [1.165, 1.54) is 87.7 Å². The van der Waals surface area contributed by atoms with Crippen molar-refractivity contribution in [2.75, 3.05) is 0 Å². The van der Waals surface area contributed by atoms with Gasteiger partial charge in [-0.1, -0.05) is 158 Å². The van der Waals surface area contributed by atoms with Gasteiger partial charge >= 0.3 is 0 Å². The van der Waals surface area contributed by atoms with Crippen LogP contribution in [0.2, 0.25) is 0 Å². The van der Waals surface area contributed by atoms with Gasteiger partial charge in [0.15, 0.2) is 0 Å². The number of pyridine rings is 1. The molecule has 55 heavy (non-hydrogen) atoms. The Hall–Kier alpha value is -7.29. The van der Waals surface area contributed by atoms with Gasteiger partial charge in [0, 0.05) is 28.9 Å². The third kappa shape index (κ3) is 5.00. The monoisotopic (exact) mass is 698 g/mol. The van der Waals surface area contributed by atoms with Gasteiger partial charge in [-0.25, -0.2) is 0 Å². The van der Waals surface area contributed by atoms with Gasteiger partial charge in [0.25, 0.3) is 0 Å². The van der Waals surface area contributed by atoms with Crippen LogP contribution in [0.25, 0.3) is 104 Å². The van der Waals surface area contributed by atoms with Gasteiger partial charge in [-0.05, 0) is 113 Å². The van der Waals surface area contributed by atoms with Crippen LogP contribution < -0.4 is 0 Å². The average Bonchev–Trinajstić information content (AvgIpc) is 3.59. The van der Waals surface area contributed by atoms with Crippen LogP contribution >= 0.6 is 0 Å². The number of nitrogens with zero attached hydrogens (tertiary/aromatic N) is 2. The van der Waals surface area contributed by atoms with Gasteiger partial charge in [0.2, 0.25) is 0 Å². The predicted octanol–water partition coefficient (Wildman–Crippen LogP) is 14.3. The molecule has 2 aromatic heterocycles. The van der Waals surface area contributed by atoms with Crippen LogP contribution in [0, 0.1) is 0 Å². The maximum Gasteiger partial charge on any atom is 0.0571 e. The Labute approximate surface area is 319 Å². The standard InChI is InChI=1S/C53H34N2/c1-4-14-35(15-5-1)52-44-22-12-13-23-45(44)53(36-16-6-2-7-17-36)48-33-37(24-26-46(48)52)40-27-28-41(43-21-11-10-20-42(40)43)38-25-29-50-47(32-38)49-34-54-31-30-51(49)55(50)39-18-8-3-9-19-39/h1-34H. The van der Waals surface area contributed by atoms with Crippen LogP contribution in [0.1, 0.15) is 0 Å². The molecule has 2 heterocycles. The van der Waals surface area contributed by atoms with E-state index in [9.17, 15) is 0 Å². The van der Waals surface area contributed by atoms with E-state index in [2.05, 4.69) is 204 Å². The summed E-state index contributed by atoms with van der Waals surface area (Å²) >= 11 is 0. The zero-order valence-electron chi connectivity index (χ0n) is 30.0. The molecule has 2 nitrogen and oxygen atoms in total.